The van der Waals surface area contributed by atoms with Gasteiger partial charge in [-0.25, -0.2) is 0 Å². The summed E-state index contributed by atoms with van der Waals surface area (Å²) in [6, 6.07) is 0.567. The lowest BCUT2D eigenvalue weighted by atomic mass is 9.79. The minimum absolute atomic E-state index is 0.253. The third-order valence-corrected chi connectivity index (χ3v) is 4.03. The minimum atomic E-state index is 0.253. The molecule has 0 amide bonds. The predicted molar refractivity (Wildman–Crippen MR) is 69.3 cm³/mol. The molecule has 0 heterocycles. The molecule has 0 radical (unpaired) electrons. The van der Waals surface area contributed by atoms with E-state index in [0.717, 1.165) is 5.92 Å². The van der Waals surface area contributed by atoms with Crippen LogP contribution in [-0.4, -0.2) is 37.6 Å². The molecule has 0 aliphatic heterocycles. The Morgan fingerprint density at radius 2 is 1.80 bits per heavy atom. The van der Waals surface area contributed by atoms with Crippen LogP contribution in [0.5, 0.6) is 0 Å². The van der Waals surface area contributed by atoms with Crippen LogP contribution in [0.25, 0.3) is 0 Å². The normalized spacial score (nSPS) is 20.0. The van der Waals surface area contributed by atoms with Gasteiger partial charge in [-0.15, -0.1) is 0 Å². The fourth-order valence-electron chi connectivity index (χ4n) is 2.64. The van der Waals surface area contributed by atoms with Gasteiger partial charge in [0.1, 0.15) is 0 Å². The Morgan fingerprint density at radius 3 is 2.07 bits per heavy atom. The average molecular weight is 214 g/mol. The Labute approximate surface area is 96.4 Å². The number of rotatable bonds is 7. The molecule has 0 saturated carbocycles. The second-order valence-electron chi connectivity index (χ2n) is 5.14. The zero-order valence-corrected chi connectivity index (χ0v) is 11.7. The molecule has 3 unspecified atom stereocenters. The fourth-order valence-corrected chi connectivity index (χ4v) is 2.64. The van der Waals surface area contributed by atoms with E-state index in [-0.39, 0.29) is 5.54 Å². The first-order valence-corrected chi connectivity index (χ1v) is 6.28. The van der Waals surface area contributed by atoms with E-state index in [1.807, 2.05) is 0 Å². The Bertz CT molecular complexity index is 168. The molecule has 0 aromatic carbocycles. The summed E-state index contributed by atoms with van der Waals surface area (Å²) in [5.74, 6) is 0.729. The molecule has 1 N–H and O–H groups in total. The van der Waals surface area contributed by atoms with Crippen molar-refractivity contribution >= 4 is 0 Å². The molecule has 0 bridgehead atoms. The SMILES string of the molecule is CCCC(C)C(NC)C(C)(CC)N(C)C. The van der Waals surface area contributed by atoms with Crippen molar-refractivity contribution in [3.05, 3.63) is 0 Å². The largest absolute Gasteiger partial charge is 0.315 e. The van der Waals surface area contributed by atoms with Gasteiger partial charge in [-0.2, -0.15) is 0 Å². The van der Waals surface area contributed by atoms with Crippen LogP contribution in [-0.2, 0) is 0 Å². The molecule has 0 rings (SSSR count). The molecular weight excluding hydrogens is 184 g/mol. The highest BCUT2D eigenvalue weighted by molar-refractivity contribution is 4.96. The van der Waals surface area contributed by atoms with E-state index >= 15 is 0 Å². The molecule has 0 fully saturated rings. The van der Waals surface area contributed by atoms with Gasteiger partial charge in [0, 0.05) is 11.6 Å². The van der Waals surface area contributed by atoms with Gasteiger partial charge >= 0.3 is 0 Å². The van der Waals surface area contributed by atoms with Crippen LogP contribution in [0, 0.1) is 5.92 Å². The molecule has 0 aliphatic rings. The first-order chi connectivity index (χ1) is 6.93. The van der Waals surface area contributed by atoms with Crippen molar-refractivity contribution in [1.29, 1.82) is 0 Å². The lowest BCUT2D eigenvalue weighted by Gasteiger charge is -2.45. The Kier molecular flexibility index (Phi) is 6.46. The summed E-state index contributed by atoms with van der Waals surface area (Å²) in [5.41, 5.74) is 0.253. The third kappa shape index (κ3) is 3.46. The van der Waals surface area contributed by atoms with Gasteiger partial charge < -0.3 is 10.2 Å². The summed E-state index contributed by atoms with van der Waals surface area (Å²) < 4.78 is 0. The molecule has 2 nitrogen and oxygen atoms in total. The highest BCUT2D eigenvalue weighted by Crippen LogP contribution is 2.27. The zero-order valence-electron chi connectivity index (χ0n) is 11.7. The maximum absolute atomic E-state index is 3.52. The summed E-state index contributed by atoms with van der Waals surface area (Å²) in [6.45, 7) is 9.27. The topological polar surface area (TPSA) is 15.3 Å². The molecule has 0 aliphatic carbocycles. The van der Waals surface area contributed by atoms with E-state index in [4.69, 9.17) is 0 Å². The van der Waals surface area contributed by atoms with Crippen molar-refractivity contribution in [2.45, 2.75) is 58.5 Å². The summed E-state index contributed by atoms with van der Waals surface area (Å²) in [6.07, 6.45) is 3.75. The van der Waals surface area contributed by atoms with Crippen molar-refractivity contribution in [3.8, 4) is 0 Å². The second-order valence-corrected chi connectivity index (χ2v) is 5.14. The van der Waals surface area contributed by atoms with Crippen molar-refractivity contribution in [1.82, 2.24) is 10.2 Å². The van der Waals surface area contributed by atoms with Gasteiger partial charge in [0.2, 0.25) is 0 Å². The lowest BCUT2D eigenvalue weighted by molar-refractivity contribution is 0.0863. The average Bonchev–Trinajstić information content (AvgIpc) is 2.18. The van der Waals surface area contributed by atoms with Gasteiger partial charge in [0.15, 0.2) is 0 Å². The summed E-state index contributed by atoms with van der Waals surface area (Å²) in [5, 5.41) is 3.52. The highest BCUT2D eigenvalue weighted by Gasteiger charge is 2.36. The van der Waals surface area contributed by atoms with Gasteiger partial charge in [-0.1, -0.05) is 27.2 Å². The summed E-state index contributed by atoms with van der Waals surface area (Å²) >= 11 is 0. The van der Waals surface area contributed by atoms with E-state index in [1.165, 1.54) is 19.3 Å². The standard InChI is InChI=1S/C13H30N2/c1-8-10-11(3)12(14-5)13(4,9-2)15(6)7/h11-12,14H,8-10H2,1-7H3. The molecule has 2 heteroatoms. The quantitative estimate of drug-likeness (QED) is 0.701. The number of hydrogen-bond acceptors (Lipinski definition) is 2. The van der Waals surface area contributed by atoms with Crippen LogP contribution in [0.1, 0.15) is 47.0 Å². The van der Waals surface area contributed by atoms with Gasteiger partial charge in [-0.05, 0) is 46.8 Å². The van der Waals surface area contributed by atoms with Gasteiger partial charge in [-0.3, -0.25) is 0 Å². The van der Waals surface area contributed by atoms with Crippen LogP contribution in [0.15, 0.2) is 0 Å². The van der Waals surface area contributed by atoms with E-state index in [0.29, 0.717) is 6.04 Å². The molecular formula is C13H30N2. The highest BCUT2D eigenvalue weighted by atomic mass is 15.2. The molecule has 0 saturated heterocycles. The molecule has 0 aromatic rings. The van der Waals surface area contributed by atoms with E-state index < -0.39 is 0 Å². The van der Waals surface area contributed by atoms with Crippen molar-refractivity contribution in [3.63, 3.8) is 0 Å². The fraction of sp³-hybridized carbons (Fsp3) is 1.00. The van der Waals surface area contributed by atoms with Crippen LogP contribution in [0.2, 0.25) is 0 Å². The molecule has 92 valence electrons. The molecule has 3 atom stereocenters. The third-order valence-electron chi connectivity index (χ3n) is 4.03. The number of nitrogens with zero attached hydrogens (tertiary/aromatic N) is 1. The minimum Gasteiger partial charge on any atom is -0.315 e. The summed E-state index contributed by atoms with van der Waals surface area (Å²) in [7, 11) is 6.47. The predicted octanol–water partition coefficient (Wildman–Crippen LogP) is 2.74. The number of likely N-dealkylation sites (N-methyl/N-ethyl adjacent to an activating group) is 2. The Hall–Kier alpha value is -0.0800. The maximum atomic E-state index is 3.52. The van der Waals surface area contributed by atoms with Gasteiger partial charge in [0.05, 0.1) is 0 Å². The molecule has 15 heavy (non-hydrogen) atoms. The Morgan fingerprint density at radius 1 is 1.27 bits per heavy atom. The maximum Gasteiger partial charge on any atom is 0.0328 e. The smallest absolute Gasteiger partial charge is 0.0328 e. The number of nitrogens with one attached hydrogen (secondary N) is 1. The first-order valence-electron chi connectivity index (χ1n) is 6.28. The molecule has 0 aromatic heterocycles. The van der Waals surface area contributed by atoms with Gasteiger partial charge in [0.25, 0.3) is 0 Å². The number of hydrogen-bond donors (Lipinski definition) is 1. The van der Waals surface area contributed by atoms with Crippen molar-refractivity contribution < 1.29 is 0 Å². The Balaban J connectivity index is 4.74. The first kappa shape index (κ1) is 14.9. The van der Waals surface area contributed by atoms with Crippen molar-refractivity contribution in [2.75, 3.05) is 21.1 Å². The van der Waals surface area contributed by atoms with Crippen LogP contribution in [0.4, 0.5) is 0 Å². The van der Waals surface area contributed by atoms with Crippen LogP contribution < -0.4 is 5.32 Å². The van der Waals surface area contributed by atoms with Crippen LogP contribution in [0.3, 0.4) is 0 Å². The van der Waals surface area contributed by atoms with Crippen molar-refractivity contribution in [2.24, 2.45) is 5.92 Å². The summed E-state index contributed by atoms with van der Waals surface area (Å²) in [4.78, 5) is 2.36. The molecule has 0 spiro atoms. The monoisotopic (exact) mass is 214 g/mol. The van der Waals surface area contributed by atoms with Crippen LogP contribution >= 0.6 is 0 Å². The zero-order chi connectivity index (χ0) is 12.1. The van der Waals surface area contributed by atoms with E-state index in [2.05, 4.69) is 59.1 Å². The lowest BCUT2D eigenvalue weighted by Crippen LogP contribution is -2.58. The van der Waals surface area contributed by atoms with E-state index in [9.17, 15) is 0 Å². The second kappa shape index (κ2) is 6.49. The van der Waals surface area contributed by atoms with E-state index in [1.54, 1.807) is 0 Å².